The number of hydrogen-bond donors (Lipinski definition) is 1. The van der Waals surface area contributed by atoms with Gasteiger partial charge in [-0.15, -0.1) is 0 Å². The summed E-state index contributed by atoms with van der Waals surface area (Å²) in [5.41, 5.74) is 1.34. The quantitative estimate of drug-likeness (QED) is 0.679. The first kappa shape index (κ1) is 15.9. The topological polar surface area (TPSA) is 101 Å². The zero-order chi connectivity index (χ0) is 16.4. The molecule has 1 aromatic carbocycles. The molecule has 1 unspecified atom stereocenters. The van der Waals surface area contributed by atoms with Crippen LogP contribution in [0.3, 0.4) is 0 Å². The molecule has 1 amide bonds. The summed E-state index contributed by atoms with van der Waals surface area (Å²) in [7, 11) is 0. The SMILES string of the molecule is Cc1cc(C)c([N+](=O)[O-])cc1C(=O)N1CCCC1CC(=O)O. The van der Waals surface area contributed by atoms with Crippen molar-refractivity contribution in [2.75, 3.05) is 6.54 Å². The first-order chi connectivity index (χ1) is 10.3. The van der Waals surface area contributed by atoms with E-state index in [1.165, 1.54) is 11.0 Å². The van der Waals surface area contributed by atoms with Gasteiger partial charge in [0, 0.05) is 29.8 Å². The van der Waals surface area contributed by atoms with E-state index in [4.69, 9.17) is 5.11 Å². The van der Waals surface area contributed by atoms with Gasteiger partial charge >= 0.3 is 5.97 Å². The number of nitro benzene ring substituents is 1. The van der Waals surface area contributed by atoms with Crippen LogP contribution in [0.25, 0.3) is 0 Å². The van der Waals surface area contributed by atoms with Gasteiger partial charge in [-0.05, 0) is 38.3 Å². The number of carboxylic acids is 1. The van der Waals surface area contributed by atoms with Crippen LogP contribution in [0, 0.1) is 24.0 Å². The average Bonchev–Trinajstić information content (AvgIpc) is 2.84. The van der Waals surface area contributed by atoms with Crippen LogP contribution >= 0.6 is 0 Å². The van der Waals surface area contributed by atoms with E-state index in [-0.39, 0.29) is 29.6 Å². The Kier molecular flexibility index (Phi) is 4.44. The number of nitrogens with zero attached hydrogens (tertiary/aromatic N) is 2. The summed E-state index contributed by atoms with van der Waals surface area (Å²) >= 11 is 0. The predicted molar refractivity (Wildman–Crippen MR) is 78.9 cm³/mol. The highest BCUT2D eigenvalue weighted by Crippen LogP contribution is 2.27. The smallest absolute Gasteiger partial charge is 0.305 e. The molecule has 0 aliphatic carbocycles. The molecular formula is C15H18N2O5. The summed E-state index contributed by atoms with van der Waals surface area (Å²) in [5.74, 6) is -1.28. The lowest BCUT2D eigenvalue weighted by Crippen LogP contribution is -2.37. The number of hydrogen-bond acceptors (Lipinski definition) is 4. The molecule has 22 heavy (non-hydrogen) atoms. The normalized spacial score (nSPS) is 17.5. The maximum atomic E-state index is 12.7. The van der Waals surface area contributed by atoms with Crippen LogP contribution in [0.4, 0.5) is 5.69 Å². The Morgan fingerprint density at radius 2 is 2.05 bits per heavy atom. The van der Waals surface area contributed by atoms with E-state index >= 15 is 0 Å². The molecule has 1 saturated heterocycles. The van der Waals surface area contributed by atoms with Gasteiger partial charge in [0.15, 0.2) is 0 Å². The van der Waals surface area contributed by atoms with E-state index in [0.29, 0.717) is 24.1 Å². The molecule has 1 N–H and O–H groups in total. The van der Waals surface area contributed by atoms with Gasteiger partial charge in [0.05, 0.1) is 11.3 Å². The maximum absolute atomic E-state index is 12.7. The van der Waals surface area contributed by atoms with Crippen molar-refractivity contribution in [1.29, 1.82) is 0 Å². The van der Waals surface area contributed by atoms with Crippen LogP contribution < -0.4 is 0 Å². The number of carbonyl (C=O) groups is 2. The predicted octanol–water partition coefficient (Wildman–Crippen LogP) is 2.29. The standard InChI is InChI=1S/C15H18N2O5/c1-9-6-10(2)13(17(21)22)8-12(9)15(20)16-5-3-4-11(16)7-14(18)19/h6,8,11H,3-5,7H2,1-2H3,(H,18,19). The third kappa shape index (κ3) is 3.08. The molecule has 0 bridgehead atoms. The molecule has 118 valence electrons. The van der Waals surface area contributed by atoms with Gasteiger partial charge in [-0.2, -0.15) is 0 Å². The van der Waals surface area contributed by atoms with Crippen molar-refractivity contribution in [2.45, 2.75) is 39.2 Å². The Labute approximate surface area is 127 Å². The minimum atomic E-state index is -0.948. The molecule has 1 aliphatic rings. The second kappa shape index (κ2) is 6.13. The molecule has 1 atom stereocenters. The highest BCUT2D eigenvalue weighted by molar-refractivity contribution is 5.97. The highest BCUT2D eigenvalue weighted by atomic mass is 16.6. The molecule has 0 radical (unpaired) electrons. The summed E-state index contributed by atoms with van der Waals surface area (Å²) in [6.07, 6.45) is 1.29. The van der Waals surface area contributed by atoms with Crippen LogP contribution in [-0.2, 0) is 4.79 Å². The fourth-order valence-corrected chi connectivity index (χ4v) is 2.94. The van der Waals surface area contributed by atoms with E-state index in [0.717, 1.165) is 6.42 Å². The first-order valence-electron chi connectivity index (χ1n) is 7.09. The van der Waals surface area contributed by atoms with Crippen molar-refractivity contribution in [1.82, 2.24) is 4.90 Å². The van der Waals surface area contributed by atoms with Gasteiger partial charge < -0.3 is 10.0 Å². The molecule has 1 fully saturated rings. The number of aryl methyl sites for hydroxylation is 2. The van der Waals surface area contributed by atoms with Crippen LogP contribution in [0.5, 0.6) is 0 Å². The lowest BCUT2D eigenvalue weighted by atomic mass is 10.0. The molecule has 0 aromatic heterocycles. The number of carboxylic acid groups (broad SMARTS) is 1. The lowest BCUT2D eigenvalue weighted by Gasteiger charge is -2.24. The zero-order valence-electron chi connectivity index (χ0n) is 12.5. The molecule has 2 rings (SSSR count). The summed E-state index contributed by atoms with van der Waals surface area (Å²) in [6, 6.07) is 2.57. The fraction of sp³-hybridized carbons (Fsp3) is 0.467. The van der Waals surface area contributed by atoms with E-state index in [9.17, 15) is 19.7 Å². The van der Waals surface area contributed by atoms with Crippen molar-refractivity contribution in [2.24, 2.45) is 0 Å². The highest BCUT2D eigenvalue weighted by Gasteiger charge is 2.32. The number of amides is 1. The van der Waals surface area contributed by atoms with Crippen LogP contribution in [0.2, 0.25) is 0 Å². The van der Waals surface area contributed by atoms with Crippen LogP contribution in [-0.4, -0.2) is 39.4 Å². The summed E-state index contributed by atoms with van der Waals surface area (Å²) < 4.78 is 0. The summed E-state index contributed by atoms with van der Waals surface area (Å²) in [6.45, 7) is 3.84. The number of likely N-dealkylation sites (tertiary alicyclic amines) is 1. The number of aliphatic carboxylic acids is 1. The van der Waals surface area contributed by atoms with Crippen molar-refractivity contribution in [3.05, 3.63) is 38.9 Å². The Morgan fingerprint density at radius 1 is 1.36 bits per heavy atom. The van der Waals surface area contributed by atoms with E-state index < -0.39 is 10.9 Å². The van der Waals surface area contributed by atoms with Gasteiger partial charge in [-0.3, -0.25) is 19.7 Å². The Morgan fingerprint density at radius 3 is 2.64 bits per heavy atom. The molecule has 7 heteroatoms. The van der Waals surface area contributed by atoms with E-state index in [1.54, 1.807) is 19.9 Å². The zero-order valence-corrected chi connectivity index (χ0v) is 12.5. The van der Waals surface area contributed by atoms with Gasteiger partial charge in [-0.1, -0.05) is 0 Å². The third-order valence-electron chi connectivity index (χ3n) is 4.02. The monoisotopic (exact) mass is 306 g/mol. The van der Waals surface area contributed by atoms with Gasteiger partial charge in [0.2, 0.25) is 0 Å². The molecule has 7 nitrogen and oxygen atoms in total. The third-order valence-corrected chi connectivity index (χ3v) is 4.02. The fourth-order valence-electron chi connectivity index (χ4n) is 2.94. The molecule has 1 heterocycles. The Bertz CT molecular complexity index is 641. The molecule has 0 saturated carbocycles. The average molecular weight is 306 g/mol. The van der Waals surface area contributed by atoms with Crippen molar-refractivity contribution >= 4 is 17.6 Å². The van der Waals surface area contributed by atoms with Crippen molar-refractivity contribution < 1.29 is 19.6 Å². The molecule has 1 aromatic rings. The van der Waals surface area contributed by atoms with E-state index in [1.807, 2.05) is 0 Å². The Hall–Kier alpha value is -2.44. The van der Waals surface area contributed by atoms with Crippen molar-refractivity contribution in [3.63, 3.8) is 0 Å². The first-order valence-corrected chi connectivity index (χ1v) is 7.09. The summed E-state index contributed by atoms with van der Waals surface area (Å²) in [5, 5.41) is 20.0. The number of carbonyl (C=O) groups excluding carboxylic acids is 1. The van der Waals surface area contributed by atoms with Crippen LogP contribution in [0.15, 0.2) is 12.1 Å². The second-order valence-corrected chi connectivity index (χ2v) is 5.60. The second-order valence-electron chi connectivity index (χ2n) is 5.60. The Balaban J connectivity index is 2.34. The minimum Gasteiger partial charge on any atom is -0.481 e. The molecule has 1 aliphatic heterocycles. The minimum absolute atomic E-state index is 0.0945. The number of nitro groups is 1. The van der Waals surface area contributed by atoms with Crippen molar-refractivity contribution in [3.8, 4) is 0 Å². The van der Waals surface area contributed by atoms with Gasteiger partial charge in [0.1, 0.15) is 0 Å². The summed E-state index contributed by atoms with van der Waals surface area (Å²) in [4.78, 5) is 35.6. The van der Waals surface area contributed by atoms with E-state index in [2.05, 4.69) is 0 Å². The lowest BCUT2D eigenvalue weighted by molar-refractivity contribution is -0.385. The number of benzene rings is 1. The van der Waals surface area contributed by atoms with Gasteiger partial charge in [0.25, 0.3) is 11.6 Å². The largest absolute Gasteiger partial charge is 0.481 e. The maximum Gasteiger partial charge on any atom is 0.305 e. The van der Waals surface area contributed by atoms with Crippen LogP contribution in [0.1, 0.15) is 40.7 Å². The number of rotatable bonds is 4. The molecule has 0 spiro atoms. The molecular weight excluding hydrogens is 288 g/mol. The van der Waals surface area contributed by atoms with Gasteiger partial charge in [-0.25, -0.2) is 0 Å².